The van der Waals surface area contributed by atoms with Crippen LogP contribution in [0.15, 0.2) is 35.7 Å². The number of nitrogens with one attached hydrogen (secondary N) is 1. The third-order valence-corrected chi connectivity index (χ3v) is 4.46. The van der Waals surface area contributed by atoms with Crippen LogP contribution in [0.4, 0.5) is 0 Å². The second-order valence-electron chi connectivity index (χ2n) is 4.73. The predicted octanol–water partition coefficient (Wildman–Crippen LogP) is 3.63. The zero-order valence-corrected chi connectivity index (χ0v) is 11.6. The van der Waals surface area contributed by atoms with E-state index in [0.717, 1.165) is 17.7 Å². The van der Waals surface area contributed by atoms with Gasteiger partial charge in [0.15, 0.2) is 0 Å². The highest BCUT2D eigenvalue weighted by Crippen LogP contribution is 2.36. The first-order valence-electron chi connectivity index (χ1n) is 6.53. The summed E-state index contributed by atoms with van der Waals surface area (Å²) in [6, 6.07) is 10.1. The molecule has 0 radical (unpaired) electrons. The fourth-order valence-electron chi connectivity index (χ4n) is 2.47. The lowest BCUT2D eigenvalue weighted by molar-refractivity contribution is 0.296. The number of benzene rings is 1. The second-order valence-corrected chi connectivity index (χ2v) is 5.71. The molecule has 1 aromatic carbocycles. The molecule has 2 atom stereocenters. The molecule has 0 bridgehead atoms. The van der Waals surface area contributed by atoms with Crippen LogP contribution in [0.1, 0.15) is 35.9 Å². The monoisotopic (exact) mass is 275 g/mol. The highest BCUT2D eigenvalue weighted by atomic mass is 32.1. The lowest BCUT2D eigenvalue weighted by Gasteiger charge is -2.20. The normalized spacial score (nSPS) is 18.9. The number of ether oxygens (including phenoxy) is 1. The van der Waals surface area contributed by atoms with Crippen LogP contribution >= 0.6 is 11.3 Å². The van der Waals surface area contributed by atoms with Crippen molar-refractivity contribution in [1.82, 2.24) is 5.32 Å². The zero-order chi connectivity index (χ0) is 13.2. The molecule has 2 unspecified atom stereocenters. The van der Waals surface area contributed by atoms with Crippen LogP contribution in [-0.4, -0.2) is 11.7 Å². The van der Waals surface area contributed by atoms with Gasteiger partial charge in [-0.15, -0.1) is 11.3 Å². The fraction of sp³-hybridized carbons (Fsp3) is 0.333. The Kier molecular flexibility index (Phi) is 3.44. The molecular formula is C15H17NO2S. The summed E-state index contributed by atoms with van der Waals surface area (Å²) in [6.07, 6.45) is 1.05. The molecule has 0 saturated heterocycles. The van der Waals surface area contributed by atoms with E-state index >= 15 is 0 Å². The van der Waals surface area contributed by atoms with E-state index in [0.29, 0.717) is 12.6 Å². The molecule has 0 spiro atoms. The summed E-state index contributed by atoms with van der Waals surface area (Å²) in [7, 11) is 0. The maximum atomic E-state index is 9.46. The van der Waals surface area contributed by atoms with Gasteiger partial charge in [0, 0.05) is 22.5 Å². The van der Waals surface area contributed by atoms with Gasteiger partial charge in [-0.05, 0) is 30.0 Å². The predicted molar refractivity (Wildman–Crippen MR) is 76.8 cm³/mol. The average molecular weight is 275 g/mol. The number of thiophene rings is 1. The summed E-state index contributed by atoms with van der Waals surface area (Å²) in [5.41, 5.74) is 1.13. The zero-order valence-electron chi connectivity index (χ0n) is 10.8. The van der Waals surface area contributed by atoms with Gasteiger partial charge in [0.25, 0.3) is 0 Å². The van der Waals surface area contributed by atoms with E-state index in [9.17, 15) is 5.11 Å². The molecule has 0 aliphatic carbocycles. The van der Waals surface area contributed by atoms with E-state index in [1.807, 2.05) is 6.07 Å². The van der Waals surface area contributed by atoms with E-state index < -0.39 is 0 Å². The van der Waals surface area contributed by atoms with Gasteiger partial charge in [-0.2, -0.15) is 0 Å². The van der Waals surface area contributed by atoms with Gasteiger partial charge in [-0.25, -0.2) is 0 Å². The highest BCUT2D eigenvalue weighted by Gasteiger charge is 2.26. The standard InChI is InChI=1S/C15H17NO2S/c1-2-12(15-4-3-7-19-15)16-13-9-18-14-8-10(17)5-6-11(13)14/h3-8,12-13,16-17H,2,9H2,1H3. The second kappa shape index (κ2) is 5.23. The van der Waals surface area contributed by atoms with Crippen LogP contribution in [0.3, 0.4) is 0 Å². The van der Waals surface area contributed by atoms with Crippen molar-refractivity contribution in [3.8, 4) is 11.5 Å². The third kappa shape index (κ3) is 2.46. The first-order chi connectivity index (χ1) is 9.28. The first kappa shape index (κ1) is 12.5. The molecular weight excluding hydrogens is 258 g/mol. The Morgan fingerprint density at radius 1 is 1.47 bits per heavy atom. The SMILES string of the molecule is CCC(NC1COc2cc(O)ccc21)c1cccs1. The Balaban J connectivity index is 1.79. The van der Waals surface area contributed by atoms with Crippen molar-refractivity contribution >= 4 is 11.3 Å². The van der Waals surface area contributed by atoms with Crippen LogP contribution < -0.4 is 10.1 Å². The van der Waals surface area contributed by atoms with Crippen molar-refractivity contribution in [2.24, 2.45) is 0 Å². The summed E-state index contributed by atoms with van der Waals surface area (Å²) in [5.74, 6) is 1.04. The molecule has 0 saturated carbocycles. The molecule has 0 amide bonds. The molecule has 3 rings (SSSR count). The van der Waals surface area contributed by atoms with Crippen molar-refractivity contribution in [3.63, 3.8) is 0 Å². The van der Waals surface area contributed by atoms with Crippen molar-refractivity contribution in [2.75, 3.05) is 6.61 Å². The highest BCUT2D eigenvalue weighted by molar-refractivity contribution is 7.10. The maximum Gasteiger partial charge on any atom is 0.127 e. The van der Waals surface area contributed by atoms with E-state index in [2.05, 4.69) is 29.8 Å². The van der Waals surface area contributed by atoms with Crippen LogP contribution in [0.5, 0.6) is 11.5 Å². The van der Waals surface area contributed by atoms with Gasteiger partial charge in [-0.1, -0.05) is 13.0 Å². The summed E-state index contributed by atoms with van der Waals surface area (Å²) >= 11 is 1.78. The quantitative estimate of drug-likeness (QED) is 0.895. The number of hydrogen-bond acceptors (Lipinski definition) is 4. The Hall–Kier alpha value is -1.52. The molecule has 2 heterocycles. The largest absolute Gasteiger partial charge is 0.508 e. The van der Waals surface area contributed by atoms with E-state index in [1.54, 1.807) is 23.5 Å². The minimum atomic E-state index is 0.197. The van der Waals surface area contributed by atoms with Gasteiger partial charge in [0.1, 0.15) is 18.1 Å². The van der Waals surface area contributed by atoms with Crippen molar-refractivity contribution in [1.29, 1.82) is 0 Å². The van der Waals surface area contributed by atoms with Crippen molar-refractivity contribution in [3.05, 3.63) is 46.2 Å². The number of aromatic hydroxyl groups is 1. The summed E-state index contributed by atoms with van der Waals surface area (Å²) < 4.78 is 5.64. The number of phenolic OH excluding ortho intramolecular Hbond substituents is 1. The molecule has 1 aliphatic rings. The van der Waals surface area contributed by atoms with Gasteiger partial charge in [0.2, 0.25) is 0 Å². The number of phenols is 1. The molecule has 2 N–H and O–H groups in total. The first-order valence-corrected chi connectivity index (χ1v) is 7.41. The number of hydrogen-bond donors (Lipinski definition) is 2. The smallest absolute Gasteiger partial charge is 0.127 e. The van der Waals surface area contributed by atoms with Crippen LogP contribution in [0.25, 0.3) is 0 Å². The third-order valence-electron chi connectivity index (χ3n) is 3.48. The summed E-state index contributed by atoms with van der Waals surface area (Å²) in [5, 5.41) is 15.2. The van der Waals surface area contributed by atoms with Crippen LogP contribution in [-0.2, 0) is 0 Å². The Labute approximate surface area is 116 Å². The van der Waals surface area contributed by atoms with E-state index in [1.165, 1.54) is 4.88 Å². The van der Waals surface area contributed by atoms with Crippen LogP contribution in [0.2, 0.25) is 0 Å². The Bertz CT molecular complexity index is 553. The molecule has 1 aliphatic heterocycles. The summed E-state index contributed by atoms with van der Waals surface area (Å²) in [6.45, 7) is 2.81. The lowest BCUT2D eigenvalue weighted by atomic mass is 10.1. The number of rotatable bonds is 4. The molecule has 2 aromatic rings. The van der Waals surface area contributed by atoms with Crippen molar-refractivity contribution < 1.29 is 9.84 Å². The summed E-state index contributed by atoms with van der Waals surface area (Å²) in [4.78, 5) is 1.36. The van der Waals surface area contributed by atoms with E-state index in [4.69, 9.17) is 4.74 Å². The number of fused-ring (bicyclic) bond motifs is 1. The molecule has 4 heteroatoms. The maximum absolute atomic E-state index is 9.46. The van der Waals surface area contributed by atoms with Gasteiger partial charge < -0.3 is 9.84 Å². The molecule has 19 heavy (non-hydrogen) atoms. The van der Waals surface area contributed by atoms with Gasteiger partial charge in [0.05, 0.1) is 6.04 Å². The molecule has 0 fully saturated rings. The molecule has 1 aromatic heterocycles. The minimum absolute atomic E-state index is 0.197. The minimum Gasteiger partial charge on any atom is -0.508 e. The van der Waals surface area contributed by atoms with Gasteiger partial charge in [-0.3, -0.25) is 5.32 Å². The van der Waals surface area contributed by atoms with Crippen LogP contribution in [0, 0.1) is 0 Å². The lowest BCUT2D eigenvalue weighted by Crippen LogP contribution is -2.26. The molecule has 100 valence electrons. The topological polar surface area (TPSA) is 41.5 Å². The Morgan fingerprint density at radius 2 is 2.37 bits per heavy atom. The molecule has 3 nitrogen and oxygen atoms in total. The average Bonchev–Trinajstić information content (AvgIpc) is 3.05. The van der Waals surface area contributed by atoms with Crippen molar-refractivity contribution in [2.45, 2.75) is 25.4 Å². The Morgan fingerprint density at radius 3 is 3.11 bits per heavy atom. The van der Waals surface area contributed by atoms with E-state index in [-0.39, 0.29) is 11.8 Å². The fourth-order valence-corrected chi connectivity index (χ4v) is 3.34. The van der Waals surface area contributed by atoms with Gasteiger partial charge >= 0.3 is 0 Å².